The van der Waals surface area contributed by atoms with Crippen LogP contribution in [0.5, 0.6) is 0 Å². The van der Waals surface area contributed by atoms with E-state index in [1.807, 2.05) is 13.8 Å². The predicted octanol–water partition coefficient (Wildman–Crippen LogP) is 3.57. The number of carbonyl (C=O) groups is 1. The Labute approximate surface area is 202 Å². The van der Waals surface area contributed by atoms with Gasteiger partial charge in [0.05, 0.1) is 17.4 Å². The molecule has 2 heterocycles. The third-order valence-electron chi connectivity index (χ3n) is 6.18. The van der Waals surface area contributed by atoms with Crippen molar-refractivity contribution in [3.8, 4) is 0 Å². The summed E-state index contributed by atoms with van der Waals surface area (Å²) in [4.78, 5) is 39.7. The van der Waals surface area contributed by atoms with E-state index in [9.17, 15) is 18.8 Å². The average molecular weight is 480 g/mol. The topological polar surface area (TPSA) is 90.4 Å². The number of hydrogen-bond donors (Lipinski definition) is 1. The molecular formula is C26H30FN5O3. The lowest BCUT2D eigenvalue weighted by atomic mass is 10.1. The largest absolute Gasteiger partial charge is 0.352 e. The number of halogens is 1. The summed E-state index contributed by atoms with van der Waals surface area (Å²) in [5.41, 5.74) is 0.503. The standard InChI is InChI=1S/C26H30FN5O3/c1-5-17(4)28-23(33)19-9-10-21-22(14-19)32-25(30(24(21)34)12-11-16(2)3)29-31(26(32)35)15-18-7-6-8-20(27)13-18/h6-10,13-14,16-17H,5,11-12,15H2,1-4H3,(H,28,33). The van der Waals surface area contributed by atoms with Gasteiger partial charge in [-0.1, -0.05) is 32.9 Å². The molecule has 1 atom stereocenters. The highest BCUT2D eigenvalue weighted by molar-refractivity contribution is 5.98. The van der Waals surface area contributed by atoms with Gasteiger partial charge in [0.15, 0.2) is 0 Å². The van der Waals surface area contributed by atoms with Crippen molar-refractivity contribution in [2.24, 2.45) is 5.92 Å². The predicted molar refractivity (Wildman–Crippen MR) is 133 cm³/mol. The summed E-state index contributed by atoms with van der Waals surface area (Å²) in [5.74, 6) is -0.149. The first kappa shape index (κ1) is 24.4. The number of aryl methyl sites for hydroxylation is 1. The Morgan fingerprint density at radius 1 is 1.11 bits per heavy atom. The number of carbonyl (C=O) groups excluding carboxylic acids is 1. The molecule has 2 aromatic heterocycles. The van der Waals surface area contributed by atoms with Gasteiger partial charge in [-0.15, -0.1) is 5.10 Å². The van der Waals surface area contributed by atoms with Gasteiger partial charge in [0.2, 0.25) is 5.78 Å². The third kappa shape index (κ3) is 4.89. The van der Waals surface area contributed by atoms with Crippen molar-refractivity contribution in [2.45, 2.75) is 59.7 Å². The fourth-order valence-corrected chi connectivity index (χ4v) is 3.97. The molecule has 0 fully saturated rings. The van der Waals surface area contributed by atoms with Crippen molar-refractivity contribution in [1.82, 2.24) is 24.1 Å². The first-order valence-corrected chi connectivity index (χ1v) is 11.9. The molecule has 1 N–H and O–H groups in total. The van der Waals surface area contributed by atoms with Crippen LogP contribution in [-0.4, -0.2) is 30.7 Å². The number of aromatic nitrogens is 4. The second-order valence-electron chi connectivity index (χ2n) is 9.36. The van der Waals surface area contributed by atoms with Crippen LogP contribution in [0.3, 0.4) is 0 Å². The lowest BCUT2D eigenvalue weighted by Crippen LogP contribution is -2.32. The first-order chi connectivity index (χ1) is 16.7. The maximum Gasteiger partial charge on any atom is 0.352 e. The lowest BCUT2D eigenvalue weighted by Gasteiger charge is -2.13. The quantitative estimate of drug-likeness (QED) is 0.418. The molecule has 0 saturated heterocycles. The van der Waals surface area contributed by atoms with Crippen LogP contribution in [-0.2, 0) is 13.1 Å². The molecular weight excluding hydrogens is 449 g/mol. The minimum absolute atomic E-state index is 0.0148. The molecule has 9 heteroatoms. The second-order valence-corrected chi connectivity index (χ2v) is 9.36. The second kappa shape index (κ2) is 9.85. The van der Waals surface area contributed by atoms with Crippen LogP contribution in [0.15, 0.2) is 52.1 Å². The number of nitrogens with one attached hydrogen (secondary N) is 1. The Bertz CT molecular complexity index is 1520. The highest BCUT2D eigenvalue weighted by Gasteiger charge is 2.20. The molecule has 0 aliphatic carbocycles. The molecule has 0 spiro atoms. The summed E-state index contributed by atoms with van der Waals surface area (Å²) in [6, 6.07) is 10.7. The molecule has 0 saturated carbocycles. The molecule has 0 aliphatic heterocycles. The number of hydrogen-bond acceptors (Lipinski definition) is 4. The lowest BCUT2D eigenvalue weighted by molar-refractivity contribution is 0.0939. The summed E-state index contributed by atoms with van der Waals surface area (Å²) < 4.78 is 17.8. The number of fused-ring (bicyclic) bond motifs is 3. The smallest absolute Gasteiger partial charge is 0.350 e. The molecule has 4 aromatic rings. The van der Waals surface area contributed by atoms with Crippen molar-refractivity contribution < 1.29 is 9.18 Å². The van der Waals surface area contributed by atoms with Crippen LogP contribution in [0.25, 0.3) is 16.7 Å². The van der Waals surface area contributed by atoms with Crippen LogP contribution < -0.4 is 16.6 Å². The maximum absolute atomic E-state index is 13.7. The zero-order chi connectivity index (χ0) is 25.3. The van der Waals surface area contributed by atoms with Crippen LogP contribution in [0.4, 0.5) is 4.39 Å². The van der Waals surface area contributed by atoms with E-state index in [0.717, 1.165) is 12.8 Å². The summed E-state index contributed by atoms with van der Waals surface area (Å²) in [6.45, 7) is 8.43. The normalized spacial score (nSPS) is 12.5. The summed E-state index contributed by atoms with van der Waals surface area (Å²) >= 11 is 0. The van der Waals surface area contributed by atoms with E-state index in [4.69, 9.17) is 0 Å². The highest BCUT2D eigenvalue weighted by Crippen LogP contribution is 2.16. The van der Waals surface area contributed by atoms with Gasteiger partial charge in [-0.2, -0.15) is 0 Å². The number of benzene rings is 2. The van der Waals surface area contributed by atoms with Crippen LogP contribution in [0.2, 0.25) is 0 Å². The summed E-state index contributed by atoms with van der Waals surface area (Å²) in [5, 5.41) is 7.71. The minimum Gasteiger partial charge on any atom is -0.350 e. The Morgan fingerprint density at radius 2 is 1.89 bits per heavy atom. The average Bonchev–Trinajstić information content (AvgIpc) is 3.14. The fraction of sp³-hybridized carbons (Fsp3) is 0.385. The number of rotatable bonds is 8. The van der Waals surface area contributed by atoms with Crippen LogP contribution >= 0.6 is 0 Å². The van der Waals surface area contributed by atoms with Crippen molar-refractivity contribution >= 4 is 22.6 Å². The van der Waals surface area contributed by atoms with Crippen molar-refractivity contribution in [1.29, 1.82) is 0 Å². The highest BCUT2D eigenvalue weighted by atomic mass is 19.1. The minimum atomic E-state index is -0.466. The van der Waals surface area contributed by atoms with Gasteiger partial charge in [-0.05, 0) is 61.6 Å². The SMILES string of the molecule is CCC(C)NC(=O)c1ccc2c(=O)n(CCC(C)C)c3nn(Cc4cccc(F)c4)c(=O)n3c2c1. The van der Waals surface area contributed by atoms with Crippen molar-refractivity contribution in [2.75, 3.05) is 0 Å². The molecule has 0 aliphatic rings. The molecule has 2 aromatic carbocycles. The maximum atomic E-state index is 13.7. The van der Waals surface area contributed by atoms with E-state index in [0.29, 0.717) is 34.5 Å². The van der Waals surface area contributed by atoms with E-state index in [-0.39, 0.29) is 29.8 Å². The Balaban J connectivity index is 1.94. The molecule has 1 unspecified atom stereocenters. The monoisotopic (exact) mass is 479 g/mol. The van der Waals surface area contributed by atoms with Crippen LogP contribution in [0, 0.1) is 11.7 Å². The van der Waals surface area contributed by atoms with Gasteiger partial charge in [0, 0.05) is 18.2 Å². The Morgan fingerprint density at radius 3 is 2.57 bits per heavy atom. The molecule has 35 heavy (non-hydrogen) atoms. The van der Waals surface area contributed by atoms with Crippen molar-refractivity contribution in [3.63, 3.8) is 0 Å². The number of amides is 1. The fourth-order valence-electron chi connectivity index (χ4n) is 3.97. The molecule has 0 radical (unpaired) electrons. The van der Waals surface area contributed by atoms with Crippen molar-refractivity contribution in [3.05, 3.63) is 80.2 Å². The molecule has 1 amide bonds. The first-order valence-electron chi connectivity index (χ1n) is 11.9. The Kier molecular flexibility index (Phi) is 6.86. The van der Waals surface area contributed by atoms with Gasteiger partial charge in [-0.3, -0.25) is 14.2 Å². The van der Waals surface area contributed by atoms with E-state index in [1.54, 1.807) is 30.3 Å². The van der Waals surface area contributed by atoms with E-state index < -0.39 is 11.5 Å². The third-order valence-corrected chi connectivity index (χ3v) is 6.18. The summed E-state index contributed by atoms with van der Waals surface area (Å²) in [6.07, 6.45) is 1.50. The van der Waals surface area contributed by atoms with Gasteiger partial charge >= 0.3 is 5.69 Å². The zero-order valence-electron chi connectivity index (χ0n) is 20.4. The summed E-state index contributed by atoms with van der Waals surface area (Å²) in [7, 11) is 0. The zero-order valence-corrected chi connectivity index (χ0v) is 20.4. The van der Waals surface area contributed by atoms with Gasteiger partial charge in [0.25, 0.3) is 11.5 Å². The molecule has 8 nitrogen and oxygen atoms in total. The number of nitrogens with zero attached hydrogens (tertiary/aromatic N) is 4. The Hall–Kier alpha value is -3.75. The van der Waals surface area contributed by atoms with E-state index >= 15 is 0 Å². The van der Waals surface area contributed by atoms with Gasteiger partial charge in [-0.25, -0.2) is 18.3 Å². The molecule has 184 valence electrons. The van der Waals surface area contributed by atoms with E-state index in [1.165, 1.54) is 25.8 Å². The van der Waals surface area contributed by atoms with E-state index in [2.05, 4.69) is 24.3 Å². The molecule has 0 bridgehead atoms. The molecule has 4 rings (SSSR count). The van der Waals surface area contributed by atoms with Crippen LogP contribution in [0.1, 0.15) is 56.5 Å². The van der Waals surface area contributed by atoms with Gasteiger partial charge < -0.3 is 5.32 Å². The van der Waals surface area contributed by atoms with Gasteiger partial charge in [0.1, 0.15) is 5.82 Å².